The number of nitrogens with one attached hydrogen (secondary N) is 1. The van der Waals surface area contributed by atoms with Gasteiger partial charge in [-0.15, -0.1) is 5.10 Å². The van der Waals surface area contributed by atoms with Gasteiger partial charge in [-0.1, -0.05) is 17.3 Å². The number of aryl methyl sites for hydroxylation is 2. The Morgan fingerprint density at radius 1 is 1.41 bits per heavy atom. The fourth-order valence-corrected chi connectivity index (χ4v) is 2.24. The van der Waals surface area contributed by atoms with Crippen molar-refractivity contribution in [1.82, 2.24) is 15.0 Å². The Bertz CT molecular complexity index is 615. The molecule has 1 aliphatic heterocycles. The maximum Gasteiger partial charge on any atom is 0.228 e. The number of hydrogen-bond donors (Lipinski definition) is 1. The lowest BCUT2D eigenvalue weighted by Gasteiger charge is -2.09. The molecule has 0 saturated heterocycles. The standard InChI is InChI=1S/C12H12N4O/c1-7-3-4-8(10-6-13-15-16(10)2)9-5-11(17)14-12(7)9/h3-4,6H,5H2,1-2H3,(H,14,17). The van der Waals surface area contributed by atoms with Crippen LogP contribution >= 0.6 is 0 Å². The highest BCUT2D eigenvalue weighted by atomic mass is 16.1. The first-order chi connectivity index (χ1) is 8.16. The van der Waals surface area contributed by atoms with E-state index in [4.69, 9.17) is 0 Å². The first-order valence-corrected chi connectivity index (χ1v) is 5.44. The summed E-state index contributed by atoms with van der Waals surface area (Å²) in [5, 5.41) is 10.7. The number of amides is 1. The summed E-state index contributed by atoms with van der Waals surface area (Å²) in [5.41, 5.74) is 5.02. The Kier molecular flexibility index (Phi) is 2.01. The van der Waals surface area contributed by atoms with Gasteiger partial charge in [0.05, 0.1) is 18.3 Å². The highest BCUT2D eigenvalue weighted by Crippen LogP contribution is 2.35. The van der Waals surface area contributed by atoms with Gasteiger partial charge in [0.15, 0.2) is 0 Å². The van der Waals surface area contributed by atoms with Crippen molar-refractivity contribution in [3.05, 3.63) is 29.5 Å². The highest BCUT2D eigenvalue weighted by Gasteiger charge is 2.24. The van der Waals surface area contributed by atoms with Gasteiger partial charge in [0.1, 0.15) is 0 Å². The minimum atomic E-state index is 0.0469. The van der Waals surface area contributed by atoms with Crippen LogP contribution in [-0.2, 0) is 18.3 Å². The van der Waals surface area contributed by atoms with Crippen molar-refractivity contribution >= 4 is 11.6 Å². The van der Waals surface area contributed by atoms with Crippen molar-refractivity contribution in [2.75, 3.05) is 5.32 Å². The normalized spacial score (nSPS) is 13.6. The third-order valence-electron chi connectivity index (χ3n) is 3.11. The Balaban J connectivity index is 2.24. The molecule has 0 bridgehead atoms. The molecule has 17 heavy (non-hydrogen) atoms. The van der Waals surface area contributed by atoms with Gasteiger partial charge in [0.25, 0.3) is 0 Å². The number of fused-ring (bicyclic) bond motifs is 1. The lowest BCUT2D eigenvalue weighted by atomic mass is 9.99. The second-order valence-electron chi connectivity index (χ2n) is 4.25. The molecule has 3 rings (SSSR count). The van der Waals surface area contributed by atoms with Crippen LogP contribution in [0.3, 0.4) is 0 Å². The minimum absolute atomic E-state index is 0.0469. The fourth-order valence-electron chi connectivity index (χ4n) is 2.24. The molecular formula is C12H12N4O. The Morgan fingerprint density at radius 3 is 2.94 bits per heavy atom. The molecular weight excluding hydrogens is 216 g/mol. The van der Waals surface area contributed by atoms with Crippen LogP contribution < -0.4 is 5.32 Å². The summed E-state index contributed by atoms with van der Waals surface area (Å²) in [4.78, 5) is 11.5. The maximum atomic E-state index is 11.5. The maximum absolute atomic E-state index is 11.5. The van der Waals surface area contributed by atoms with Gasteiger partial charge in [0, 0.05) is 18.3 Å². The topological polar surface area (TPSA) is 59.8 Å². The van der Waals surface area contributed by atoms with Crippen LogP contribution in [0.2, 0.25) is 0 Å². The van der Waals surface area contributed by atoms with E-state index in [0.29, 0.717) is 6.42 Å². The average Bonchev–Trinajstić information content (AvgIpc) is 2.86. The average molecular weight is 228 g/mol. The van der Waals surface area contributed by atoms with E-state index in [0.717, 1.165) is 28.1 Å². The van der Waals surface area contributed by atoms with Crippen molar-refractivity contribution < 1.29 is 4.79 Å². The summed E-state index contributed by atoms with van der Waals surface area (Å²) in [7, 11) is 1.85. The molecule has 1 N–H and O–H groups in total. The molecule has 0 unspecified atom stereocenters. The van der Waals surface area contributed by atoms with Gasteiger partial charge in [-0.3, -0.25) is 4.79 Å². The zero-order valence-corrected chi connectivity index (χ0v) is 9.69. The number of rotatable bonds is 1. The zero-order chi connectivity index (χ0) is 12.0. The number of carbonyl (C=O) groups is 1. The van der Waals surface area contributed by atoms with Crippen molar-refractivity contribution in [2.45, 2.75) is 13.3 Å². The Labute approximate surface area is 98.4 Å². The van der Waals surface area contributed by atoms with E-state index in [-0.39, 0.29) is 5.91 Å². The molecule has 86 valence electrons. The van der Waals surface area contributed by atoms with E-state index >= 15 is 0 Å². The SMILES string of the molecule is Cc1ccc(-c2cnnn2C)c2c1NC(=O)C2. The number of carbonyl (C=O) groups excluding carboxylic acids is 1. The van der Waals surface area contributed by atoms with Crippen molar-refractivity contribution in [1.29, 1.82) is 0 Å². The molecule has 5 nitrogen and oxygen atoms in total. The van der Waals surface area contributed by atoms with E-state index in [1.807, 2.05) is 26.1 Å². The smallest absolute Gasteiger partial charge is 0.228 e. The highest BCUT2D eigenvalue weighted by molar-refractivity contribution is 6.02. The molecule has 0 aliphatic carbocycles. The van der Waals surface area contributed by atoms with Gasteiger partial charge in [-0.2, -0.15) is 0 Å². The Morgan fingerprint density at radius 2 is 2.24 bits per heavy atom. The van der Waals surface area contributed by atoms with Gasteiger partial charge in [-0.25, -0.2) is 4.68 Å². The lowest BCUT2D eigenvalue weighted by molar-refractivity contribution is -0.115. The third kappa shape index (κ3) is 1.43. The van der Waals surface area contributed by atoms with Crippen molar-refractivity contribution in [2.24, 2.45) is 7.05 Å². The summed E-state index contributed by atoms with van der Waals surface area (Å²) < 4.78 is 1.72. The molecule has 0 atom stereocenters. The van der Waals surface area contributed by atoms with Crippen LogP contribution in [-0.4, -0.2) is 20.9 Å². The van der Waals surface area contributed by atoms with Crippen LogP contribution in [0, 0.1) is 6.92 Å². The summed E-state index contributed by atoms with van der Waals surface area (Å²) in [6.45, 7) is 2.00. The summed E-state index contributed by atoms with van der Waals surface area (Å²) in [6, 6.07) is 4.03. The monoisotopic (exact) mass is 228 g/mol. The predicted molar refractivity (Wildman–Crippen MR) is 63.5 cm³/mol. The minimum Gasteiger partial charge on any atom is -0.325 e. The van der Waals surface area contributed by atoms with Gasteiger partial charge >= 0.3 is 0 Å². The second kappa shape index (κ2) is 3.41. The van der Waals surface area contributed by atoms with E-state index in [9.17, 15) is 4.79 Å². The van der Waals surface area contributed by atoms with Gasteiger partial charge in [0.2, 0.25) is 5.91 Å². The van der Waals surface area contributed by atoms with Crippen LogP contribution in [0.5, 0.6) is 0 Å². The number of benzene rings is 1. The molecule has 2 aromatic rings. The zero-order valence-electron chi connectivity index (χ0n) is 9.69. The molecule has 0 fully saturated rings. The molecule has 1 aliphatic rings. The van der Waals surface area contributed by atoms with E-state index < -0.39 is 0 Å². The number of aromatic nitrogens is 3. The van der Waals surface area contributed by atoms with Crippen LogP contribution in [0.15, 0.2) is 18.3 Å². The van der Waals surface area contributed by atoms with E-state index in [1.165, 1.54) is 0 Å². The van der Waals surface area contributed by atoms with Gasteiger partial charge < -0.3 is 5.32 Å². The first-order valence-electron chi connectivity index (χ1n) is 5.44. The van der Waals surface area contributed by atoms with E-state index in [2.05, 4.69) is 15.6 Å². The number of anilines is 1. The molecule has 1 aromatic carbocycles. The Hall–Kier alpha value is -2.17. The molecule has 1 amide bonds. The summed E-state index contributed by atoms with van der Waals surface area (Å²) >= 11 is 0. The molecule has 0 radical (unpaired) electrons. The largest absolute Gasteiger partial charge is 0.325 e. The molecule has 2 heterocycles. The van der Waals surface area contributed by atoms with Crippen molar-refractivity contribution in [3.63, 3.8) is 0 Å². The van der Waals surface area contributed by atoms with Crippen molar-refractivity contribution in [3.8, 4) is 11.3 Å². The second-order valence-corrected chi connectivity index (χ2v) is 4.25. The quantitative estimate of drug-likeness (QED) is 0.800. The summed E-state index contributed by atoms with van der Waals surface area (Å²) in [6.07, 6.45) is 2.14. The number of hydrogen-bond acceptors (Lipinski definition) is 3. The van der Waals surface area contributed by atoms with Gasteiger partial charge in [-0.05, 0) is 18.1 Å². The van der Waals surface area contributed by atoms with Crippen LogP contribution in [0.25, 0.3) is 11.3 Å². The molecule has 5 heteroatoms. The molecule has 1 aromatic heterocycles. The fraction of sp³-hybridized carbons (Fsp3) is 0.250. The third-order valence-corrected chi connectivity index (χ3v) is 3.11. The van der Waals surface area contributed by atoms with E-state index in [1.54, 1.807) is 10.9 Å². The van der Waals surface area contributed by atoms with Crippen LogP contribution in [0.1, 0.15) is 11.1 Å². The first kappa shape index (κ1) is 10.0. The van der Waals surface area contributed by atoms with Crippen LogP contribution in [0.4, 0.5) is 5.69 Å². The lowest BCUT2D eigenvalue weighted by Crippen LogP contribution is -2.04. The molecule has 0 saturated carbocycles. The predicted octanol–water partition coefficient (Wildman–Crippen LogP) is 1.29. The molecule has 0 spiro atoms. The number of nitrogens with zero attached hydrogens (tertiary/aromatic N) is 3. The summed E-state index contributed by atoms with van der Waals surface area (Å²) in [5.74, 6) is 0.0469.